The maximum absolute atomic E-state index is 14.3. The Morgan fingerprint density at radius 1 is 1.04 bits per heavy atom. The number of hydrogen-bond acceptors (Lipinski definition) is 8. The lowest BCUT2D eigenvalue weighted by Crippen LogP contribution is -2.47. The molecule has 1 aliphatic rings. The van der Waals surface area contributed by atoms with Crippen LogP contribution in [0.1, 0.15) is 68.8 Å². The molecule has 3 aromatic heterocycles. The van der Waals surface area contributed by atoms with Crippen LogP contribution in [0.4, 0.5) is 13.2 Å². The van der Waals surface area contributed by atoms with E-state index in [-0.39, 0.29) is 11.6 Å². The number of hydrogen-bond donors (Lipinski definition) is 2. The van der Waals surface area contributed by atoms with E-state index in [4.69, 9.17) is 9.26 Å². The zero-order valence-corrected chi connectivity index (χ0v) is 26.0. The van der Waals surface area contributed by atoms with Crippen LogP contribution in [-0.4, -0.2) is 58.9 Å². The summed E-state index contributed by atoms with van der Waals surface area (Å²) in [5, 5.41) is 18.1. The number of nitrogens with zero attached hydrogens (tertiary/aromatic N) is 5. The number of nitrogens with one attached hydrogen (secondary N) is 1. The second kappa shape index (κ2) is 12.9. The van der Waals surface area contributed by atoms with Crippen molar-refractivity contribution in [3.63, 3.8) is 0 Å². The fourth-order valence-electron chi connectivity index (χ4n) is 6.20. The molecule has 6 rings (SSSR count). The number of aromatic nitrogens is 6. The highest BCUT2D eigenvalue weighted by molar-refractivity contribution is 5.80. The quantitative estimate of drug-likeness (QED) is 0.208. The summed E-state index contributed by atoms with van der Waals surface area (Å²) in [6, 6.07) is 15.1. The van der Waals surface area contributed by atoms with E-state index in [1.165, 1.54) is 6.33 Å². The first-order valence-corrected chi connectivity index (χ1v) is 15.6. The Hall–Kier alpha value is -4.56. The zero-order valence-electron chi connectivity index (χ0n) is 26.0. The van der Waals surface area contributed by atoms with Crippen molar-refractivity contribution in [1.29, 1.82) is 0 Å². The number of H-pyrrole nitrogens is 1. The normalized spacial score (nSPS) is 18.4. The second-order valence-corrected chi connectivity index (χ2v) is 12.2. The molecule has 11 nitrogen and oxygen atoms in total. The summed E-state index contributed by atoms with van der Waals surface area (Å²) in [6.07, 6.45) is -0.206. The van der Waals surface area contributed by atoms with Crippen LogP contribution in [0.5, 0.6) is 0 Å². The third kappa shape index (κ3) is 6.52. The van der Waals surface area contributed by atoms with Crippen molar-refractivity contribution in [2.75, 3.05) is 6.61 Å². The average molecular weight is 653 g/mol. The summed E-state index contributed by atoms with van der Waals surface area (Å²) in [7, 11) is 0. The third-order valence-electron chi connectivity index (χ3n) is 8.80. The number of aliphatic hydroxyl groups is 1. The predicted octanol–water partition coefficient (Wildman–Crippen LogP) is 5.26. The van der Waals surface area contributed by atoms with Gasteiger partial charge < -0.3 is 9.84 Å². The number of ether oxygens (including phenoxy) is 1. The zero-order chi connectivity index (χ0) is 33.3. The third-order valence-corrected chi connectivity index (χ3v) is 8.80. The standard InChI is InChI=1S/C33H35F3N6O5/c1-3-6-27-26(17-20-9-11-21(12-10-20)24-7-4-5-8-25(24)28-39-31(44)47-40-28)29(43)41(30-37-19-38-42(27)30)22-13-15-23(16-14-22)46-18-32(2,45)33(34,35)36/h4-5,7-12,19,22-23,45H,3,6,13-18H2,1-2H3,(H,39,40,44). The minimum absolute atomic E-state index is 0.164. The molecule has 248 valence electrons. The van der Waals surface area contributed by atoms with E-state index in [1.54, 1.807) is 9.08 Å². The van der Waals surface area contributed by atoms with Crippen LogP contribution in [0.3, 0.4) is 0 Å². The fourth-order valence-corrected chi connectivity index (χ4v) is 6.20. The number of halogens is 3. The minimum atomic E-state index is -4.79. The molecule has 2 aromatic carbocycles. The van der Waals surface area contributed by atoms with Gasteiger partial charge in [0.2, 0.25) is 5.78 Å². The van der Waals surface area contributed by atoms with Gasteiger partial charge in [0.25, 0.3) is 5.56 Å². The van der Waals surface area contributed by atoms with Gasteiger partial charge in [-0.05, 0) is 55.7 Å². The largest absolute Gasteiger partial charge is 0.439 e. The van der Waals surface area contributed by atoms with Gasteiger partial charge in [-0.15, -0.1) is 0 Å². The van der Waals surface area contributed by atoms with Gasteiger partial charge in [-0.25, -0.2) is 9.31 Å². The molecule has 0 bridgehead atoms. The molecule has 1 atom stereocenters. The Balaban J connectivity index is 1.27. The number of fused-ring (bicyclic) bond motifs is 1. The van der Waals surface area contributed by atoms with Crippen molar-refractivity contribution in [2.45, 2.75) is 82.7 Å². The Morgan fingerprint density at radius 2 is 1.74 bits per heavy atom. The molecule has 2 N–H and O–H groups in total. The van der Waals surface area contributed by atoms with Crippen molar-refractivity contribution in [2.24, 2.45) is 0 Å². The average Bonchev–Trinajstić information content (AvgIpc) is 3.71. The summed E-state index contributed by atoms with van der Waals surface area (Å²) in [4.78, 5) is 32.8. The molecule has 1 fully saturated rings. The van der Waals surface area contributed by atoms with Crippen molar-refractivity contribution >= 4 is 5.78 Å². The van der Waals surface area contributed by atoms with Crippen LogP contribution in [0.15, 0.2) is 69.0 Å². The first-order valence-electron chi connectivity index (χ1n) is 15.6. The second-order valence-electron chi connectivity index (χ2n) is 12.2. The van der Waals surface area contributed by atoms with Crippen LogP contribution in [0, 0.1) is 0 Å². The molecule has 0 spiro atoms. The smallest absolute Gasteiger partial charge is 0.379 e. The highest BCUT2D eigenvalue weighted by Gasteiger charge is 2.50. The molecule has 0 saturated heterocycles. The summed E-state index contributed by atoms with van der Waals surface area (Å²) in [5.74, 6) is 0.123. The minimum Gasteiger partial charge on any atom is -0.379 e. The van der Waals surface area contributed by atoms with Crippen LogP contribution in [-0.2, 0) is 17.6 Å². The number of aromatic amines is 1. The van der Waals surface area contributed by atoms with E-state index in [0.29, 0.717) is 68.2 Å². The molecule has 47 heavy (non-hydrogen) atoms. The fraction of sp³-hybridized carbons (Fsp3) is 0.424. The van der Waals surface area contributed by atoms with Gasteiger partial charge in [-0.3, -0.25) is 18.9 Å². The van der Waals surface area contributed by atoms with Crippen LogP contribution >= 0.6 is 0 Å². The molecule has 14 heteroatoms. The van der Waals surface area contributed by atoms with Gasteiger partial charge in [0, 0.05) is 23.6 Å². The van der Waals surface area contributed by atoms with Gasteiger partial charge in [0.15, 0.2) is 11.4 Å². The summed E-state index contributed by atoms with van der Waals surface area (Å²) >= 11 is 0. The van der Waals surface area contributed by atoms with E-state index in [9.17, 15) is 27.9 Å². The molecular formula is C33H35F3N6O5. The molecule has 1 aliphatic carbocycles. The molecule has 0 amide bonds. The van der Waals surface area contributed by atoms with Crippen LogP contribution < -0.4 is 11.3 Å². The molecule has 1 saturated carbocycles. The number of alkyl halides is 3. The Morgan fingerprint density at radius 3 is 2.38 bits per heavy atom. The lowest BCUT2D eigenvalue weighted by molar-refractivity contribution is -0.271. The van der Waals surface area contributed by atoms with E-state index in [1.807, 2.05) is 55.5 Å². The maximum atomic E-state index is 14.3. The predicted molar refractivity (Wildman–Crippen MR) is 166 cm³/mol. The van der Waals surface area contributed by atoms with Gasteiger partial charge in [0.1, 0.15) is 6.33 Å². The van der Waals surface area contributed by atoms with E-state index < -0.39 is 30.2 Å². The van der Waals surface area contributed by atoms with Crippen LogP contribution in [0.2, 0.25) is 0 Å². The topological polar surface area (TPSA) is 141 Å². The molecule has 3 heterocycles. The molecule has 1 unspecified atom stereocenters. The van der Waals surface area contributed by atoms with Crippen molar-refractivity contribution in [3.8, 4) is 22.5 Å². The lowest BCUT2D eigenvalue weighted by Gasteiger charge is -2.33. The highest BCUT2D eigenvalue weighted by Crippen LogP contribution is 2.35. The maximum Gasteiger partial charge on any atom is 0.439 e. The SMILES string of the molecule is CCCc1c(Cc2ccc(-c3ccccc3-c3noc(=O)[nH]3)cc2)c(=O)n(C2CCC(OCC(C)(O)C(F)(F)F)CC2)c2ncnn12. The summed E-state index contributed by atoms with van der Waals surface area (Å²) in [5.41, 5.74) is 1.66. The first kappa shape index (κ1) is 32.4. The molecule has 5 aromatic rings. The van der Waals surface area contributed by atoms with Gasteiger partial charge >= 0.3 is 11.9 Å². The van der Waals surface area contributed by atoms with Crippen molar-refractivity contribution < 1.29 is 27.5 Å². The number of aryl methyl sites for hydroxylation is 1. The summed E-state index contributed by atoms with van der Waals surface area (Å²) in [6.45, 7) is 1.89. The molecular weight excluding hydrogens is 617 g/mol. The molecule has 0 radical (unpaired) electrons. The Labute approximate surface area is 267 Å². The monoisotopic (exact) mass is 652 g/mol. The van der Waals surface area contributed by atoms with Crippen LogP contribution in [0.25, 0.3) is 28.3 Å². The van der Waals surface area contributed by atoms with E-state index in [2.05, 4.69) is 20.2 Å². The van der Waals surface area contributed by atoms with Gasteiger partial charge in [-0.1, -0.05) is 67.0 Å². The first-order chi connectivity index (χ1) is 22.5. The van der Waals surface area contributed by atoms with Gasteiger partial charge in [0.05, 0.1) is 18.4 Å². The Bertz CT molecular complexity index is 1970. The number of rotatable bonds is 10. The lowest BCUT2D eigenvalue weighted by atomic mass is 9.92. The highest BCUT2D eigenvalue weighted by atomic mass is 19.4. The number of benzene rings is 2. The van der Waals surface area contributed by atoms with Gasteiger partial charge in [-0.2, -0.15) is 23.3 Å². The summed E-state index contributed by atoms with van der Waals surface area (Å²) < 4.78 is 52.9. The van der Waals surface area contributed by atoms with E-state index in [0.717, 1.165) is 28.8 Å². The molecule has 0 aliphatic heterocycles. The van der Waals surface area contributed by atoms with Crippen molar-refractivity contribution in [1.82, 2.24) is 29.3 Å². The Kier molecular flexibility index (Phi) is 8.90. The van der Waals surface area contributed by atoms with Crippen molar-refractivity contribution in [3.05, 3.63) is 92.6 Å². The van der Waals surface area contributed by atoms with E-state index >= 15 is 0 Å².